The van der Waals surface area contributed by atoms with E-state index in [4.69, 9.17) is 0 Å². The van der Waals surface area contributed by atoms with E-state index in [1.54, 1.807) is 12.3 Å². The Balaban J connectivity index is 2.77. The van der Waals surface area contributed by atoms with Crippen LogP contribution in [-0.4, -0.2) is 12.1 Å². The molecular weight excluding hydrogens is 236 g/mol. The largest absolute Gasteiger partial charge is 0.321 e. The number of carbonyl (C=O) groups is 1. The van der Waals surface area contributed by atoms with Gasteiger partial charge >= 0.3 is 0 Å². The van der Waals surface area contributed by atoms with Crippen molar-refractivity contribution in [3.8, 4) is 0 Å². The van der Waals surface area contributed by atoms with Gasteiger partial charge in [0.05, 0.1) is 0 Å². The van der Waals surface area contributed by atoms with E-state index >= 15 is 0 Å². The lowest BCUT2D eigenvalue weighted by Gasteiger charge is -2.07. The van der Waals surface area contributed by atoms with Gasteiger partial charge in [-0.05, 0) is 37.0 Å². The van der Waals surface area contributed by atoms with Crippen molar-refractivity contribution in [1.82, 2.24) is 0 Å². The lowest BCUT2D eigenvalue weighted by molar-refractivity contribution is -0.112. The van der Waals surface area contributed by atoms with Crippen LogP contribution in [0.1, 0.15) is 33.3 Å². The number of aryl methyl sites for hydroxylation is 1. The summed E-state index contributed by atoms with van der Waals surface area (Å²) in [6.45, 7) is 7.96. The molecule has 0 heterocycles. The molecule has 3 heteroatoms. The van der Waals surface area contributed by atoms with Gasteiger partial charge in [-0.15, -0.1) is 0 Å². The van der Waals surface area contributed by atoms with Crippen molar-refractivity contribution in [2.24, 2.45) is 10.9 Å². The summed E-state index contributed by atoms with van der Waals surface area (Å²) in [6.07, 6.45) is 4.45. The quantitative estimate of drug-likeness (QED) is 0.633. The van der Waals surface area contributed by atoms with Gasteiger partial charge in [0.25, 0.3) is 5.91 Å². The minimum Gasteiger partial charge on any atom is -0.321 e. The number of carbonyl (C=O) groups excluding carboxylic acids is 1. The monoisotopic (exact) mass is 258 g/mol. The third-order valence-electron chi connectivity index (χ3n) is 2.61. The van der Waals surface area contributed by atoms with E-state index in [1.807, 2.05) is 45.0 Å². The van der Waals surface area contributed by atoms with Crippen LogP contribution >= 0.6 is 0 Å². The maximum absolute atomic E-state index is 12.1. The van der Waals surface area contributed by atoms with E-state index < -0.39 is 0 Å². The summed E-state index contributed by atoms with van der Waals surface area (Å²) in [5.41, 5.74) is 2.45. The molecule has 0 aromatic heterocycles. The predicted molar refractivity (Wildman–Crippen MR) is 81.5 cm³/mol. The molecule has 1 N–H and O–H groups in total. The first-order valence-electron chi connectivity index (χ1n) is 6.67. The van der Waals surface area contributed by atoms with Crippen LogP contribution in [0, 0.1) is 5.92 Å². The molecule has 102 valence electrons. The lowest BCUT2D eigenvalue weighted by Crippen LogP contribution is -2.13. The third-order valence-corrected chi connectivity index (χ3v) is 2.61. The molecule has 0 unspecified atom stereocenters. The average Bonchev–Trinajstić information content (AvgIpc) is 2.39. The number of nitrogens with one attached hydrogen (secondary N) is 1. The molecule has 0 radical (unpaired) electrons. The summed E-state index contributed by atoms with van der Waals surface area (Å²) in [5, 5.41) is 2.87. The second kappa shape index (κ2) is 7.52. The normalized spacial score (nSPS) is 12.2. The highest BCUT2D eigenvalue weighted by molar-refractivity contribution is 6.04. The highest BCUT2D eigenvalue weighted by Gasteiger charge is 2.07. The molecule has 0 aliphatic rings. The van der Waals surface area contributed by atoms with Crippen LogP contribution in [0.4, 0.5) is 5.69 Å². The summed E-state index contributed by atoms with van der Waals surface area (Å²) < 4.78 is 0. The predicted octanol–water partition coefficient (Wildman–Crippen LogP) is 3.82. The number of rotatable bonds is 5. The number of nitrogens with zero attached hydrogens (tertiary/aromatic N) is 1. The Labute approximate surface area is 115 Å². The molecule has 0 saturated heterocycles. The molecule has 1 rings (SSSR count). The topological polar surface area (TPSA) is 41.5 Å². The molecule has 1 amide bonds. The second-order valence-electron chi connectivity index (χ2n) is 4.70. The van der Waals surface area contributed by atoms with Crippen molar-refractivity contribution in [2.45, 2.75) is 34.1 Å². The summed E-state index contributed by atoms with van der Waals surface area (Å²) in [4.78, 5) is 16.3. The molecule has 0 aliphatic heterocycles. The van der Waals surface area contributed by atoms with Gasteiger partial charge in [0.2, 0.25) is 0 Å². The van der Waals surface area contributed by atoms with Gasteiger partial charge in [-0.2, -0.15) is 0 Å². The number of benzene rings is 1. The molecule has 0 aliphatic carbocycles. The maximum atomic E-state index is 12.1. The van der Waals surface area contributed by atoms with Crippen molar-refractivity contribution < 1.29 is 4.79 Å². The molecule has 3 nitrogen and oxygen atoms in total. The fourth-order valence-electron chi connectivity index (χ4n) is 1.56. The molecule has 0 bridgehead atoms. The Kier molecular flexibility index (Phi) is 6.00. The summed E-state index contributed by atoms with van der Waals surface area (Å²) in [7, 11) is 0. The number of hydrogen-bond acceptors (Lipinski definition) is 2. The number of allylic oxidation sites excluding steroid dienone is 1. The molecule has 1 aromatic rings. The zero-order valence-corrected chi connectivity index (χ0v) is 12.1. The first-order chi connectivity index (χ1) is 9.06. The minimum absolute atomic E-state index is 0.173. The van der Waals surface area contributed by atoms with Crippen LogP contribution in [0.15, 0.2) is 41.0 Å². The summed E-state index contributed by atoms with van der Waals surface area (Å²) in [6, 6.07) is 7.86. The molecule has 0 spiro atoms. The van der Waals surface area contributed by atoms with Gasteiger partial charge in [-0.1, -0.05) is 39.0 Å². The summed E-state index contributed by atoms with van der Waals surface area (Å²) >= 11 is 0. The van der Waals surface area contributed by atoms with E-state index in [9.17, 15) is 4.79 Å². The molecule has 0 fully saturated rings. The van der Waals surface area contributed by atoms with E-state index in [-0.39, 0.29) is 5.91 Å². The van der Waals surface area contributed by atoms with Gasteiger partial charge in [-0.25, -0.2) is 0 Å². The third kappa shape index (κ3) is 5.08. The number of anilines is 1. The molecule has 0 atom stereocenters. The van der Waals surface area contributed by atoms with Gasteiger partial charge in [-0.3, -0.25) is 9.79 Å². The Hall–Kier alpha value is -1.90. The average molecular weight is 258 g/mol. The minimum atomic E-state index is -0.173. The van der Waals surface area contributed by atoms with Crippen molar-refractivity contribution in [2.75, 3.05) is 5.32 Å². The standard InChI is InChI=1S/C16H22N2O/c1-5-13-8-7-9-14(10-13)18-16(19)15(6-2)17-11-12(3)4/h6-12H,5H2,1-4H3,(H,18,19)/b15-6-,17-11?. The van der Waals surface area contributed by atoms with E-state index in [2.05, 4.69) is 17.2 Å². The van der Waals surface area contributed by atoms with Crippen molar-refractivity contribution in [3.63, 3.8) is 0 Å². The molecule has 19 heavy (non-hydrogen) atoms. The first-order valence-corrected chi connectivity index (χ1v) is 6.67. The Morgan fingerprint density at radius 3 is 2.74 bits per heavy atom. The van der Waals surface area contributed by atoms with E-state index in [0.29, 0.717) is 11.6 Å². The van der Waals surface area contributed by atoms with Crippen LogP contribution in [0.2, 0.25) is 0 Å². The van der Waals surface area contributed by atoms with Crippen LogP contribution in [0.3, 0.4) is 0 Å². The highest BCUT2D eigenvalue weighted by Crippen LogP contribution is 2.12. The molecular formula is C16H22N2O. The fourth-order valence-corrected chi connectivity index (χ4v) is 1.56. The number of aliphatic imine (C=N–C) groups is 1. The van der Waals surface area contributed by atoms with Crippen LogP contribution in [0.25, 0.3) is 0 Å². The van der Waals surface area contributed by atoms with Gasteiger partial charge in [0, 0.05) is 11.9 Å². The molecule has 0 saturated carbocycles. The Morgan fingerprint density at radius 1 is 1.42 bits per heavy atom. The van der Waals surface area contributed by atoms with Crippen molar-refractivity contribution in [3.05, 3.63) is 41.6 Å². The molecule has 1 aromatic carbocycles. The maximum Gasteiger partial charge on any atom is 0.273 e. The Morgan fingerprint density at radius 2 is 2.16 bits per heavy atom. The van der Waals surface area contributed by atoms with Crippen LogP contribution in [0.5, 0.6) is 0 Å². The number of amides is 1. The second-order valence-corrected chi connectivity index (χ2v) is 4.70. The Bertz CT molecular complexity index is 487. The van der Waals surface area contributed by atoms with Crippen molar-refractivity contribution in [1.29, 1.82) is 0 Å². The highest BCUT2D eigenvalue weighted by atomic mass is 16.2. The first kappa shape index (κ1) is 15.2. The van der Waals surface area contributed by atoms with Crippen LogP contribution in [-0.2, 0) is 11.2 Å². The van der Waals surface area contributed by atoms with Crippen molar-refractivity contribution >= 4 is 17.8 Å². The summed E-state index contributed by atoms with van der Waals surface area (Å²) in [5.74, 6) is 0.152. The number of hydrogen-bond donors (Lipinski definition) is 1. The van der Waals surface area contributed by atoms with Gasteiger partial charge in [0.1, 0.15) is 5.70 Å². The van der Waals surface area contributed by atoms with E-state index in [1.165, 1.54) is 5.56 Å². The lowest BCUT2D eigenvalue weighted by atomic mass is 10.1. The van der Waals surface area contributed by atoms with Gasteiger partial charge < -0.3 is 5.32 Å². The SMILES string of the molecule is C/C=C(\N=CC(C)C)C(=O)Nc1cccc(CC)c1. The fraction of sp³-hybridized carbons (Fsp3) is 0.375. The zero-order chi connectivity index (χ0) is 14.3. The zero-order valence-electron chi connectivity index (χ0n) is 12.1. The van der Waals surface area contributed by atoms with Gasteiger partial charge in [0.15, 0.2) is 0 Å². The van der Waals surface area contributed by atoms with Crippen LogP contribution < -0.4 is 5.32 Å². The van der Waals surface area contributed by atoms with E-state index in [0.717, 1.165) is 12.1 Å². The smallest absolute Gasteiger partial charge is 0.273 e.